The smallest absolute Gasteiger partial charge is 0.255 e. The quantitative estimate of drug-likeness (QED) is 0.926. The molecular weight excluding hydrogens is 268 g/mol. The maximum atomic E-state index is 12.2. The van der Waals surface area contributed by atoms with E-state index in [-0.39, 0.29) is 5.91 Å². The Morgan fingerprint density at radius 2 is 2.10 bits per heavy atom. The third-order valence-corrected chi connectivity index (χ3v) is 3.26. The highest BCUT2D eigenvalue weighted by molar-refractivity contribution is 6.04. The molecular formula is C15H16N4O2. The van der Waals surface area contributed by atoms with Crippen LogP contribution in [0.2, 0.25) is 0 Å². The van der Waals surface area contributed by atoms with E-state index in [4.69, 9.17) is 4.74 Å². The number of rotatable bonds is 3. The van der Waals surface area contributed by atoms with E-state index in [0.717, 1.165) is 18.9 Å². The monoisotopic (exact) mass is 284 g/mol. The van der Waals surface area contributed by atoms with E-state index in [9.17, 15) is 4.79 Å². The fourth-order valence-electron chi connectivity index (χ4n) is 2.16. The van der Waals surface area contributed by atoms with Gasteiger partial charge >= 0.3 is 0 Å². The second-order valence-corrected chi connectivity index (χ2v) is 4.70. The van der Waals surface area contributed by atoms with Crippen LogP contribution in [0.25, 0.3) is 0 Å². The van der Waals surface area contributed by atoms with Crippen molar-refractivity contribution in [1.29, 1.82) is 0 Å². The van der Waals surface area contributed by atoms with Gasteiger partial charge in [0.05, 0.1) is 25.1 Å². The molecule has 0 aliphatic carbocycles. The number of nitrogens with one attached hydrogen (secondary N) is 1. The van der Waals surface area contributed by atoms with E-state index in [1.165, 1.54) is 0 Å². The van der Waals surface area contributed by atoms with Crippen LogP contribution < -0.4 is 10.2 Å². The molecule has 0 aromatic carbocycles. The molecule has 0 atom stereocenters. The molecule has 3 rings (SSSR count). The van der Waals surface area contributed by atoms with Crippen LogP contribution in [-0.2, 0) is 4.74 Å². The van der Waals surface area contributed by atoms with Gasteiger partial charge in [-0.05, 0) is 24.3 Å². The lowest BCUT2D eigenvalue weighted by Crippen LogP contribution is -2.36. The van der Waals surface area contributed by atoms with Crippen LogP contribution in [0.5, 0.6) is 0 Å². The molecule has 1 N–H and O–H groups in total. The van der Waals surface area contributed by atoms with Gasteiger partial charge in [0, 0.05) is 31.0 Å². The third kappa shape index (κ3) is 3.35. The number of amides is 1. The predicted molar refractivity (Wildman–Crippen MR) is 79.5 cm³/mol. The van der Waals surface area contributed by atoms with Crippen molar-refractivity contribution in [2.24, 2.45) is 0 Å². The maximum Gasteiger partial charge on any atom is 0.255 e. The summed E-state index contributed by atoms with van der Waals surface area (Å²) in [5, 5.41) is 2.82. The number of ether oxygens (including phenoxy) is 1. The number of anilines is 2. The topological polar surface area (TPSA) is 67.4 Å². The molecule has 21 heavy (non-hydrogen) atoms. The fourth-order valence-corrected chi connectivity index (χ4v) is 2.16. The highest BCUT2D eigenvalue weighted by atomic mass is 16.5. The van der Waals surface area contributed by atoms with E-state index in [0.29, 0.717) is 24.5 Å². The van der Waals surface area contributed by atoms with Gasteiger partial charge in [0.1, 0.15) is 5.82 Å². The summed E-state index contributed by atoms with van der Waals surface area (Å²) in [6.07, 6.45) is 4.93. The molecule has 108 valence electrons. The fraction of sp³-hybridized carbons (Fsp3) is 0.267. The Morgan fingerprint density at radius 3 is 2.86 bits per heavy atom. The van der Waals surface area contributed by atoms with Crippen LogP contribution >= 0.6 is 0 Å². The number of morpholine rings is 1. The molecule has 6 nitrogen and oxygen atoms in total. The van der Waals surface area contributed by atoms with Crippen LogP contribution in [0.4, 0.5) is 11.5 Å². The van der Waals surface area contributed by atoms with E-state index in [1.807, 2.05) is 0 Å². The van der Waals surface area contributed by atoms with Crippen molar-refractivity contribution in [3.05, 3.63) is 48.4 Å². The zero-order valence-corrected chi connectivity index (χ0v) is 11.5. The minimum Gasteiger partial charge on any atom is -0.378 e. The molecule has 0 radical (unpaired) electrons. The van der Waals surface area contributed by atoms with Gasteiger partial charge in [0.25, 0.3) is 5.91 Å². The molecule has 1 amide bonds. The third-order valence-electron chi connectivity index (χ3n) is 3.26. The summed E-state index contributed by atoms with van der Waals surface area (Å²) >= 11 is 0. The standard InChI is InChI=1S/C15H16N4O2/c20-15(18-13-2-1-4-16-11-13)12-3-5-17-14(10-12)19-6-8-21-9-7-19/h1-5,10-11H,6-9H2,(H,18,20). The van der Waals surface area contributed by atoms with Crippen molar-refractivity contribution < 1.29 is 9.53 Å². The molecule has 0 bridgehead atoms. The van der Waals surface area contributed by atoms with Crippen molar-refractivity contribution in [1.82, 2.24) is 9.97 Å². The lowest BCUT2D eigenvalue weighted by molar-refractivity contribution is 0.102. The molecule has 3 heterocycles. The van der Waals surface area contributed by atoms with Gasteiger partial charge in [-0.2, -0.15) is 0 Å². The van der Waals surface area contributed by atoms with Crippen molar-refractivity contribution >= 4 is 17.4 Å². The summed E-state index contributed by atoms with van der Waals surface area (Å²) < 4.78 is 5.32. The van der Waals surface area contributed by atoms with Crippen LogP contribution in [0.1, 0.15) is 10.4 Å². The first-order valence-corrected chi connectivity index (χ1v) is 6.83. The predicted octanol–water partition coefficient (Wildman–Crippen LogP) is 1.57. The Morgan fingerprint density at radius 1 is 1.24 bits per heavy atom. The Labute approximate surface area is 122 Å². The number of aromatic nitrogens is 2. The lowest BCUT2D eigenvalue weighted by Gasteiger charge is -2.27. The minimum absolute atomic E-state index is 0.167. The second kappa shape index (κ2) is 6.32. The van der Waals surface area contributed by atoms with E-state index < -0.39 is 0 Å². The average Bonchev–Trinajstić information content (AvgIpc) is 2.57. The van der Waals surface area contributed by atoms with Gasteiger partial charge in [-0.15, -0.1) is 0 Å². The molecule has 1 fully saturated rings. The highest BCUT2D eigenvalue weighted by Crippen LogP contribution is 2.15. The van der Waals surface area contributed by atoms with Crippen molar-refractivity contribution in [2.45, 2.75) is 0 Å². The van der Waals surface area contributed by atoms with Gasteiger partial charge < -0.3 is 15.0 Å². The second-order valence-electron chi connectivity index (χ2n) is 4.70. The summed E-state index contributed by atoms with van der Waals surface area (Å²) in [6, 6.07) is 7.09. The van der Waals surface area contributed by atoms with E-state index in [2.05, 4.69) is 20.2 Å². The van der Waals surface area contributed by atoms with E-state index in [1.54, 1.807) is 42.9 Å². The zero-order valence-electron chi connectivity index (χ0n) is 11.5. The Bertz CT molecular complexity index is 612. The number of carbonyl (C=O) groups is 1. The summed E-state index contributed by atoms with van der Waals surface area (Å²) in [5.74, 6) is 0.636. The minimum atomic E-state index is -0.167. The summed E-state index contributed by atoms with van der Waals surface area (Å²) in [7, 11) is 0. The molecule has 2 aromatic rings. The number of pyridine rings is 2. The van der Waals surface area contributed by atoms with Crippen LogP contribution in [0, 0.1) is 0 Å². The first kappa shape index (κ1) is 13.5. The number of nitrogens with zero attached hydrogens (tertiary/aromatic N) is 3. The van der Waals surface area contributed by atoms with Gasteiger partial charge in [-0.25, -0.2) is 4.98 Å². The zero-order chi connectivity index (χ0) is 14.5. The summed E-state index contributed by atoms with van der Waals surface area (Å²) in [5.41, 5.74) is 1.25. The Balaban J connectivity index is 1.74. The average molecular weight is 284 g/mol. The maximum absolute atomic E-state index is 12.2. The van der Waals surface area contributed by atoms with Gasteiger partial charge in [-0.3, -0.25) is 9.78 Å². The molecule has 1 aliphatic rings. The number of hydrogen-bond donors (Lipinski definition) is 1. The first-order chi connectivity index (χ1) is 10.3. The molecule has 0 saturated carbocycles. The molecule has 0 spiro atoms. The van der Waals surface area contributed by atoms with Crippen molar-refractivity contribution in [3.8, 4) is 0 Å². The van der Waals surface area contributed by atoms with Crippen molar-refractivity contribution in [3.63, 3.8) is 0 Å². The van der Waals surface area contributed by atoms with Crippen LogP contribution in [0.15, 0.2) is 42.9 Å². The molecule has 6 heteroatoms. The molecule has 2 aromatic heterocycles. The largest absolute Gasteiger partial charge is 0.378 e. The Hall–Kier alpha value is -2.47. The van der Waals surface area contributed by atoms with Crippen LogP contribution in [0.3, 0.4) is 0 Å². The van der Waals surface area contributed by atoms with Gasteiger partial charge in [0.2, 0.25) is 0 Å². The normalized spacial score (nSPS) is 14.8. The van der Waals surface area contributed by atoms with Crippen LogP contribution in [-0.4, -0.2) is 42.2 Å². The SMILES string of the molecule is O=C(Nc1cccnc1)c1ccnc(N2CCOCC2)c1. The van der Waals surface area contributed by atoms with Gasteiger partial charge in [-0.1, -0.05) is 0 Å². The van der Waals surface area contributed by atoms with Gasteiger partial charge in [0.15, 0.2) is 0 Å². The summed E-state index contributed by atoms with van der Waals surface area (Å²) in [6.45, 7) is 2.96. The summed E-state index contributed by atoms with van der Waals surface area (Å²) in [4.78, 5) is 22.7. The van der Waals surface area contributed by atoms with E-state index >= 15 is 0 Å². The molecule has 0 unspecified atom stereocenters. The lowest BCUT2D eigenvalue weighted by atomic mass is 10.2. The molecule has 1 saturated heterocycles. The number of carbonyl (C=O) groups excluding carboxylic acids is 1. The Kier molecular flexibility index (Phi) is 4.07. The van der Waals surface area contributed by atoms with Crippen molar-refractivity contribution in [2.75, 3.05) is 36.5 Å². The molecule has 1 aliphatic heterocycles. The first-order valence-electron chi connectivity index (χ1n) is 6.83. The number of hydrogen-bond acceptors (Lipinski definition) is 5. The highest BCUT2D eigenvalue weighted by Gasteiger charge is 2.14.